The number of aryl methyl sites for hydroxylation is 1. The smallest absolute Gasteiger partial charge is 0.0702 e. The van der Waals surface area contributed by atoms with Gasteiger partial charge in [-0.05, 0) is 24.5 Å². The van der Waals surface area contributed by atoms with Gasteiger partial charge in [0.05, 0.1) is 5.69 Å². The van der Waals surface area contributed by atoms with Crippen molar-refractivity contribution in [3.05, 3.63) is 54.2 Å². The lowest BCUT2D eigenvalue weighted by Gasteiger charge is -2.04. The molecule has 1 heteroatoms. The largest absolute Gasteiger partial charge is 0.256 e. The van der Waals surface area contributed by atoms with Crippen molar-refractivity contribution in [3.63, 3.8) is 0 Å². The fourth-order valence-corrected chi connectivity index (χ4v) is 2.64. The van der Waals surface area contributed by atoms with Gasteiger partial charge in [-0.2, -0.15) is 0 Å². The van der Waals surface area contributed by atoms with Crippen LogP contribution in [0.4, 0.5) is 0 Å². The molecule has 1 aromatic heterocycles. The average molecular weight is 281 g/mol. The van der Waals surface area contributed by atoms with Crippen molar-refractivity contribution in [3.8, 4) is 11.3 Å². The van der Waals surface area contributed by atoms with Crippen LogP contribution in [-0.4, -0.2) is 4.98 Å². The topological polar surface area (TPSA) is 12.9 Å². The zero-order valence-electron chi connectivity index (χ0n) is 13.2. The van der Waals surface area contributed by atoms with Crippen LogP contribution in [0.5, 0.6) is 0 Å². The average Bonchev–Trinajstić information content (AvgIpc) is 2.55. The van der Waals surface area contributed by atoms with E-state index in [0.717, 1.165) is 12.1 Å². The zero-order chi connectivity index (χ0) is 14.8. The molecule has 0 atom stereocenters. The van der Waals surface area contributed by atoms with Gasteiger partial charge in [-0.15, -0.1) is 0 Å². The van der Waals surface area contributed by atoms with Crippen molar-refractivity contribution in [1.29, 1.82) is 0 Å². The molecule has 0 aliphatic carbocycles. The van der Waals surface area contributed by atoms with Crippen molar-refractivity contribution < 1.29 is 0 Å². The molecule has 0 radical (unpaired) electrons. The summed E-state index contributed by atoms with van der Waals surface area (Å²) >= 11 is 0. The summed E-state index contributed by atoms with van der Waals surface area (Å²) in [5.41, 5.74) is 3.63. The lowest BCUT2D eigenvalue weighted by molar-refractivity contribution is 0.589. The van der Waals surface area contributed by atoms with Gasteiger partial charge in [0.2, 0.25) is 0 Å². The number of hydrogen-bond acceptors (Lipinski definition) is 1. The van der Waals surface area contributed by atoms with E-state index in [0.29, 0.717) is 0 Å². The number of pyridine rings is 1. The molecule has 2 aromatic rings. The van der Waals surface area contributed by atoms with Gasteiger partial charge in [-0.3, -0.25) is 4.98 Å². The maximum Gasteiger partial charge on any atom is 0.0702 e. The third-order valence-electron chi connectivity index (χ3n) is 3.96. The third kappa shape index (κ3) is 5.71. The van der Waals surface area contributed by atoms with Gasteiger partial charge < -0.3 is 0 Å². The van der Waals surface area contributed by atoms with Crippen LogP contribution in [0.3, 0.4) is 0 Å². The molecule has 0 aliphatic rings. The first-order valence-corrected chi connectivity index (χ1v) is 8.40. The number of unbranched alkanes of at least 4 members (excludes halogenated alkanes) is 6. The van der Waals surface area contributed by atoms with Gasteiger partial charge in [-0.1, -0.05) is 81.8 Å². The lowest BCUT2D eigenvalue weighted by atomic mass is 10.0. The molecule has 2 rings (SSSR count). The zero-order valence-corrected chi connectivity index (χ0v) is 13.2. The summed E-state index contributed by atoms with van der Waals surface area (Å²) in [6.45, 7) is 2.27. The van der Waals surface area contributed by atoms with E-state index in [-0.39, 0.29) is 0 Å². The second-order valence-corrected chi connectivity index (χ2v) is 5.79. The van der Waals surface area contributed by atoms with E-state index in [2.05, 4.69) is 48.3 Å². The molecule has 0 aliphatic heterocycles. The van der Waals surface area contributed by atoms with E-state index in [1.807, 2.05) is 12.3 Å². The minimum absolute atomic E-state index is 1.07. The molecule has 1 aromatic carbocycles. The minimum atomic E-state index is 1.07. The number of hydrogen-bond donors (Lipinski definition) is 0. The molecule has 0 unspecified atom stereocenters. The van der Waals surface area contributed by atoms with E-state index < -0.39 is 0 Å². The highest BCUT2D eigenvalue weighted by Gasteiger charge is 1.99. The van der Waals surface area contributed by atoms with Gasteiger partial charge in [-0.25, -0.2) is 0 Å². The molecule has 1 heterocycles. The Bertz CT molecular complexity index is 487. The minimum Gasteiger partial charge on any atom is -0.256 e. The molecule has 0 N–H and O–H groups in total. The van der Waals surface area contributed by atoms with Gasteiger partial charge in [0.25, 0.3) is 0 Å². The van der Waals surface area contributed by atoms with Crippen LogP contribution in [0.25, 0.3) is 11.3 Å². The molecule has 112 valence electrons. The highest BCUT2D eigenvalue weighted by Crippen LogP contribution is 2.17. The highest BCUT2D eigenvalue weighted by atomic mass is 14.7. The van der Waals surface area contributed by atoms with Crippen LogP contribution in [-0.2, 0) is 6.42 Å². The SMILES string of the molecule is CCCCCCCCCc1ccc(-c2ccccc2)nc1. The first kappa shape index (κ1) is 15.8. The number of rotatable bonds is 9. The predicted molar refractivity (Wildman–Crippen MR) is 91.4 cm³/mol. The second-order valence-electron chi connectivity index (χ2n) is 5.79. The molecule has 1 nitrogen and oxygen atoms in total. The summed E-state index contributed by atoms with van der Waals surface area (Å²) in [4.78, 5) is 4.59. The Kier molecular flexibility index (Phi) is 7.00. The Balaban J connectivity index is 1.71. The molecule has 0 amide bonds. The third-order valence-corrected chi connectivity index (χ3v) is 3.96. The maximum atomic E-state index is 4.59. The number of nitrogens with zero attached hydrogens (tertiary/aromatic N) is 1. The molecule has 0 bridgehead atoms. The van der Waals surface area contributed by atoms with Crippen molar-refractivity contribution >= 4 is 0 Å². The Morgan fingerprint density at radius 3 is 2.14 bits per heavy atom. The number of aromatic nitrogens is 1. The van der Waals surface area contributed by atoms with Crippen molar-refractivity contribution in [2.75, 3.05) is 0 Å². The summed E-state index contributed by atoms with van der Waals surface area (Å²) in [6, 6.07) is 14.8. The van der Waals surface area contributed by atoms with Crippen LogP contribution in [0, 0.1) is 0 Å². The Morgan fingerprint density at radius 1 is 0.762 bits per heavy atom. The fourth-order valence-electron chi connectivity index (χ4n) is 2.64. The van der Waals surface area contributed by atoms with Crippen LogP contribution >= 0.6 is 0 Å². The monoisotopic (exact) mass is 281 g/mol. The standard InChI is InChI=1S/C20H27N/c1-2-3-4-5-6-7-9-12-18-15-16-20(21-17-18)19-13-10-8-11-14-19/h8,10-11,13-17H,2-7,9,12H2,1H3. The van der Waals surface area contributed by atoms with Crippen LogP contribution in [0.1, 0.15) is 57.4 Å². The highest BCUT2D eigenvalue weighted by molar-refractivity contribution is 5.58. The summed E-state index contributed by atoms with van der Waals surface area (Å²) in [5, 5.41) is 0. The summed E-state index contributed by atoms with van der Waals surface area (Å²) in [7, 11) is 0. The van der Waals surface area contributed by atoms with E-state index in [4.69, 9.17) is 0 Å². The molecular weight excluding hydrogens is 254 g/mol. The molecule has 0 saturated heterocycles. The van der Waals surface area contributed by atoms with Crippen molar-refractivity contribution in [2.24, 2.45) is 0 Å². The summed E-state index contributed by atoms with van der Waals surface area (Å²) in [5.74, 6) is 0. The van der Waals surface area contributed by atoms with Crippen LogP contribution in [0.2, 0.25) is 0 Å². The first-order chi connectivity index (χ1) is 10.4. The molecule has 0 fully saturated rings. The molecular formula is C20H27N. The van der Waals surface area contributed by atoms with Gasteiger partial charge in [0.1, 0.15) is 0 Å². The van der Waals surface area contributed by atoms with E-state index in [1.54, 1.807) is 0 Å². The quantitative estimate of drug-likeness (QED) is 0.510. The summed E-state index contributed by atoms with van der Waals surface area (Å²) < 4.78 is 0. The van der Waals surface area contributed by atoms with Crippen LogP contribution < -0.4 is 0 Å². The Hall–Kier alpha value is -1.63. The van der Waals surface area contributed by atoms with Crippen molar-refractivity contribution in [2.45, 2.75) is 58.3 Å². The molecule has 0 spiro atoms. The van der Waals surface area contributed by atoms with Gasteiger partial charge in [0.15, 0.2) is 0 Å². The molecule has 0 saturated carbocycles. The predicted octanol–water partition coefficient (Wildman–Crippen LogP) is 6.04. The van der Waals surface area contributed by atoms with E-state index >= 15 is 0 Å². The van der Waals surface area contributed by atoms with Gasteiger partial charge >= 0.3 is 0 Å². The van der Waals surface area contributed by atoms with Crippen LogP contribution in [0.15, 0.2) is 48.7 Å². The van der Waals surface area contributed by atoms with Gasteiger partial charge in [0, 0.05) is 11.8 Å². The first-order valence-electron chi connectivity index (χ1n) is 8.40. The summed E-state index contributed by atoms with van der Waals surface area (Å²) in [6.07, 6.45) is 12.8. The van der Waals surface area contributed by atoms with Crippen molar-refractivity contribution in [1.82, 2.24) is 4.98 Å². The normalized spacial score (nSPS) is 10.7. The Morgan fingerprint density at radius 2 is 1.48 bits per heavy atom. The Labute approximate surface area is 129 Å². The van der Waals surface area contributed by atoms with E-state index in [9.17, 15) is 0 Å². The molecule has 21 heavy (non-hydrogen) atoms. The lowest BCUT2D eigenvalue weighted by Crippen LogP contribution is -1.89. The number of benzene rings is 1. The van der Waals surface area contributed by atoms with E-state index in [1.165, 1.54) is 56.1 Å². The second kappa shape index (κ2) is 9.33. The fraction of sp³-hybridized carbons (Fsp3) is 0.450. The maximum absolute atomic E-state index is 4.59.